The Hall–Kier alpha value is -2.26. The molecule has 3 N–H and O–H groups in total. The van der Waals surface area contributed by atoms with Crippen LogP contribution in [0.3, 0.4) is 0 Å². The lowest BCUT2D eigenvalue weighted by molar-refractivity contribution is 1.25. The number of aromatic nitrogens is 1. The summed E-state index contributed by atoms with van der Waals surface area (Å²) in [4.78, 5) is 4.58. The van der Waals surface area contributed by atoms with Crippen molar-refractivity contribution in [3.8, 4) is 0 Å². The van der Waals surface area contributed by atoms with Gasteiger partial charge in [0.05, 0.1) is 27.6 Å². The number of hydrogen-bond acceptors (Lipinski definition) is 3. The number of hydrogen-bond donors (Lipinski definition) is 2. The van der Waals surface area contributed by atoms with Crippen LogP contribution < -0.4 is 11.1 Å². The van der Waals surface area contributed by atoms with E-state index in [2.05, 4.69) is 16.4 Å². The largest absolute Gasteiger partial charge is 0.397 e. The van der Waals surface area contributed by atoms with Crippen molar-refractivity contribution >= 4 is 39.6 Å². The van der Waals surface area contributed by atoms with Crippen molar-refractivity contribution in [1.82, 2.24) is 4.98 Å². The van der Waals surface area contributed by atoms with Crippen molar-refractivity contribution in [2.45, 2.75) is 6.92 Å². The first-order valence-electron chi connectivity index (χ1n) is 6.32. The standard InChI is InChI=1S/C16H14ClN3/c1-10-8-9-11-4-2-7-14(15(11)19-10)20-16-12(17)5-3-6-13(16)18/h2-9,20H,18H2,1H3. The van der Waals surface area contributed by atoms with Gasteiger partial charge >= 0.3 is 0 Å². The van der Waals surface area contributed by atoms with E-state index < -0.39 is 0 Å². The number of nitrogens with two attached hydrogens (primary N) is 1. The van der Waals surface area contributed by atoms with E-state index in [9.17, 15) is 0 Å². The second-order valence-electron chi connectivity index (χ2n) is 4.66. The summed E-state index contributed by atoms with van der Waals surface area (Å²) in [6.07, 6.45) is 0. The summed E-state index contributed by atoms with van der Waals surface area (Å²) in [6.45, 7) is 1.97. The van der Waals surface area contributed by atoms with E-state index in [1.807, 2.05) is 49.4 Å². The minimum Gasteiger partial charge on any atom is -0.397 e. The minimum absolute atomic E-state index is 0.592. The summed E-state index contributed by atoms with van der Waals surface area (Å²) in [5, 5.41) is 4.96. The highest BCUT2D eigenvalue weighted by atomic mass is 35.5. The zero-order valence-corrected chi connectivity index (χ0v) is 11.8. The molecule has 0 aliphatic heterocycles. The zero-order valence-electron chi connectivity index (χ0n) is 11.0. The number of aryl methyl sites for hydroxylation is 1. The van der Waals surface area contributed by atoms with E-state index in [4.69, 9.17) is 17.3 Å². The monoisotopic (exact) mass is 283 g/mol. The lowest BCUT2D eigenvalue weighted by atomic mass is 10.1. The molecule has 4 heteroatoms. The molecule has 0 unspecified atom stereocenters. The Labute approximate surface area is 122 Å². The van der Waals surface area contributed by atoms with Gasteiger partial charge in [-0.1, -0.05) is 35.9 Å². The highest BCUT2D eigenvalue weighted by molar-refractivity contribution is 6.34. The van der Waals surface area contributed by atoms with E-state index in [1.165, 1.54) is 0 Å². The van der Waals surface area contributed by atoms with E-state index in [0.717, 1.165) is 22.3 Å². The maximum Gasteiger partial charge on any atom is 0.0939 e. The highest BCUT2D eigenvalue weighted by Crippen LogP contribution is 2.33. The maximum atomic E-state index is 6.20. The smallest absolute Gasteiger partial charge is 0.0939 e. The molecule has 20 heavy (non-hydrogen) atoms. The number of fused-ring (bicyclic) bond motifs is 1. The molecule has 1 aromatic heterocycles. The summed E-state index contributed by atoms with van der Waals surface area (Å²) in [7, 11) is 0. The van der Waals surface area contributed by atoms with Gasteiger partial charge in [-0.25, -0.2) is 0 Å². The Morgan fingerprint density at radius 2 is 1.85 bits per heavy atom. The Balaban J connectivity index is 2.13. The fourth-order valence-corrected chi connectivity index (χ4v) is 2.38. The molecule has 0 aliphatic rings. The third-order valence-electron chi connectivity index (χ3n) is 3.16. The third-order valence-corrected chi connectivity index (χ3v) is 3.48. The maximum absolute atomic E-state index is 6.20. The van der Waals surface area contributed by atoms with Crippen LogP contribution in [-0.2, 0) is 0 Å². The van der Waals surface area contributed by atoms with Gasteiger partial charge in [-0.2, -0.15) is 0 Å². The number of anilines is 3. The van der Waals surface area contributed by atoms with Crippen molar-refractivity contribution in [2.24, 2.45) is 0 Å². The number of halogens is 1. The third kappa shape index (κ3) is 2.28. The lowest BCUT2D eigenvalue weighted by Crippen LogP contribution is -1.98. The second-order valence-corrected chi connectivity index (χ2v) is 5.07. The average molecular weight is 284 g/mol. The van der Waals surface area contributed by atoms with Gasteiger partial charge in [-0.15, -0.1) is 0 Å². The molecule has 0 atom stereocenters. The van der Waals surface area contributed by atoms with Crippen molar-refractivity contribution in [2.75, 3.05) is 11.1 Å². The normalized spacial score (nSPS) is 10.7. The summed E-state index contributed by atoms with van der Waals surface area (Å²) in [5.41, 5.74) is 10.1. The number of nitrogens with zero attached hydrogens (tertiary/aromatic N) is 1. The number of rotatable bonds is 2. The SMILES string of the molecule is Cc1ccc2cccc(Nc3c(N)cccc3Cl)c2n1. The first-order valence-corrected chi connectivity index (χ1v) is 6.70. The Kier molecular flexibility index (Phi) is 3.20. The molecule has 0 saturated heterocycles. The number of nitrogens with one attached hydrogen (secondary N) is 1. The predicted octanol–water partition coefficient (Wildman–Crippen LogP) is 4.52. The Bertz CT molecular complexity index is 764. The quantitative estimate of drug-likeness (QED) is 0.680. The van der Waals surface area contributed by atoms with Crippen LogP contribution in [0, 0.1) is 6.92 Å². The van der Waals surface area contributed by atoms with Crippen LogP contribution in [0.2, 0.25) is 5.02 Å². The van der Waals surface area contributed by atoms with Gasteiger partial charge in [0.2, 0.25) is 0 Å². The Morgan fingerprint density at radius 3 is 2.65 bits per heavy atom. The molecule has 1 heterocycles. The van der Waals surface area contributed by atoms with Crippen LogP contribution in [0.25, 0.3) is 10.9 Å². The number of benzene rings is 2. The highest BCUT2D eigenvalue weighted by Gasteiger charge is 2.08. The summed E-state index contributed by atoms with van der Waals surface area (Å²) in [5.74, 6) is 0. The average Bonchev–Trinajstić information content (AvgIpc) is 2.43. The van der Waals surface area contributed by atoms with Crippen LogP contribution >= 0.6 is 11.6 Å². The molecule has 3 rings (SSSR count). The molecule has 0 saturated carbocycles. The molecule has 0 radical (unpaired) electrons. The first-order chi connectivity index (χ1) is 9.65. The lowest BCUT2D eigenvalue weighted by Gasteiger charge is -2.13. The molecule has 3 aromatic rings. The summed E-state index contributed by atoms with van der Waals surface area (Å²) in [6, 6.07) is 15.5. The van der Waals surface area contributed by atoms with Gasteiger partial charge in [-0.3, -0.25) is 4.98 Å². The van der Waals surface area contributed by atoms with E-state index in [1.54, 1.807) is 0 Å². The van der Waals surface area contributed by atoms with Crippen LogP contribution in [0.1, 0.15) is 5.69 Å². The van der Waals surface area contributed by atoms with Crippen molar-refractivity contribution in [3.05, 3.63) is 59.2 Å². The fourth-order valence-electron chi connectivity index (χ4n) is 2.15. The molecule has 3 nitrogen and oxygen atoms in total. The molecule has 0 amide bonds. The van der Waals surface area contributed by atoms with E-state index in [0.29, 0.717) is 16.4 Å². The van der Waals surface area contributed by atoms with Crippen molar-refractivity contribution < 1.29 is 0 Å². The van der Waals surface area contributed by atoms with Gasteiger partial charge in [0.15, 0.2) is 0 Å². The first kappa shape index (κ1) is 12.8. The van der Waals surface area contributed by atoms with Crippen LogP contribution in [-0.4, -0.2) is 4.98 Å². The van der Waals surface area contributed by atoms with Crippen LogP contribution in [0.5, 0.6) is 0 Å². The molecule has 0 spiro atoms. The number of para-hydroxylation sites is 2. The summed E-state index contributed by atoms with van der Waals surface area (Å²) < 4.78 is 0. The molecular weight excluding hydrogens is 270 g/mol. The topological polar surface area (TPSA) is 50.9 Å². The van der Waals surface area contributed by atoms with Crippen LogP contribution in [0.15, 0.2) is 48.5 Å². The van der Waals surface area contributed by atoms with Gasteiger partial charge in [-0.05, 0) is 31.2 Å². The van der Waals surface area contributed by atoms with Gasteiger partial charge in [0.25, 0.3) is 0 Å². The van der Waals surface area contributed by atoms with Crippen molar-refractivity contribution in [1.29, 1.82) is 0 Å². The minimum atomic E-state index is 0.592. The summed E-state index contributed by atoms with van der Waals surface area (Å²) >= 11 is 6.20. The van der Waals surface area contributed by atoms with Gasteiger partial charge < -0.3 is 11.1 Å². The second kappa shape index (κ2) is 5.02. The molecule has 100 valence electrons. The van der Waals surface area contributed by atoms with Crippen molar-refractivity contribution in [3.63, 3.8) is 0 Å². The van der Waals surface area contributed by atoms with Crippen LogP contribution in [0.4, 0.5) is 17.1 Å². The molecular formula is C16H14ClN3. The molecule has 0 bridgehead atoms. The molecule has 0 fully saturated rings. The number of nitrogen functional groups attached to an aromatic ring is 1. The number of pyridine rings is 1. The molecule has 2 aromatic carbocycles. The van der Waals surface area contributed by atoms with E-state index >= 15 is 0 Å². The fraction of sp³-hybridized carbons (Fsp3) is 0.0625. The predicted molar refractivity (Wildman–Crippen MR) is 85.6 cm³/mol. The van der Waals surface area contributed by atoms with Gasteiger partial charge in [0, 0.05) is 11.1 Å². The Morgan fingerprint density at radius 1 is 1.05 bits per heavy atom. The van der Waals surface area contributed by atoms with E-state index in [-0.39, 0.29) is 0 Å². The molecule has 0 aliphatic carbocycles. The zero-order chi connectivity index (χ0) is 14.1. The van der Waals surface area contributed by atoms with Gasteiger partial charge in [0.1, 0.15) is 0 Å².